The monoisotopic (exact) mass is 467 g/mol. The van der Waals surface area contributed by atoms with E-state index in [4.69, 9.17) is 14.2 Å². The first kappa shape index (κ1) is 22.6. The van der Waals surface area contributed by atoms with E-state index < -0.39 is 23.9 Å². The molecule has 0 saturated heterocycles. The lowest BCUT2D eigenvalue weighted by Crippen LogP contribution is -2.45. The molecule has 2 unspecified atom stereocenters. The summed E-state index contributed by atoms with van der Waals surface area (Å²) in [6.07, 6.45) is -3.60. The molecule has 0 aromatic heterocycles. The molecule has 0 radical (unpaired) electrons. The quantitative estimate of drug-likeness (QED) is 0.492. The SMILES string of the molecule is COCOC1CCc2c(Br)cc(OC)c(C(=O)C(C)NC(=O)C(F)(F)F)c2C1. The third kappa shape index (κ3) is 5.03. The van der Waals surface area contributed by atoms with Crippen LogP contribution in [0.3, 0.4) is 0 Å². The van der Waals surface area contributed by atoms with Crippen molar-refractivity contribution in [2.24, 2.45) is 0 Å². The molecule has 1 aromatic carbocycles. The van der Waals surface area contributed by atoms with Crippen molar-refractivity contribution < 1.29 is 37.0 Å². The molecule has 10 heteroatoms. The summed E-state index contributed by atoms with van der Waals surface area (Å²) in [5.41, 5.74) is 1.66. The number of ether oxygens (including phenoxy) is 3. The van der Waals surface area contributed by atoms with Crippen molar-refractivity contribution in [3.63, 3.8) is 0 Å². The zero-order valence-electron chi connectivity index (χ0n) is 15.6. The van der Waals surface area contributed by atoms with Gasteiger partial charge in [0.1, 0.15) is 12.5 Å². The van der Waals surface area contributed by atoms with Crippen LogP contribution < -0.4 is 10.1 Å². The maximum atomic E-state index is 12.9. The number of benzene rings is 1. The Balaban J connectivity index is 2.39. The van der Waals surface area contributed by atoms with Crippen LogP contribution in [0.25, 0.3) is 0 Å². The molecule has 1 aromatic rings. The average molecular weight is 468 g/mol. The number of carbonyl (C=O) groups excluding carboxylic acids is 2. The Kier molecular flexibility index (Phi) is 7.46. The second-order valence-electron chi connectivity index (χ2n) is 6.39. The van der Waals surface area contributed by atoms with Crippen LogP contribution in [0, 0.1) is 0 Å². The molecular formula is C18H21BrF3NO5. The Morgan fingerprint density at radius 3 is 2.57 bits per heavy atom. The zero-order chi connectivity index (χ0) is 21.1. The minimum absolute atomic E-state index is 0.0897. The minimum Gasteiger partial charge on any atom is -0.496 e. The molecule has 1 N–H and O–H groups in total. The maximum absolute atomic E-state index is 12.9. The van der Waals surface area contributed by atoms with Gasteiger partial charge in [0, 0.05) is 11.6 Å². The fraction of sp³-hybridized carbons (Fsp3) is 0.556. The van der Waals surface area contributed by atoms with Crippen LogP contribution in [0.4, 0.5) is 13.2 Å². The summed E-state index contributed by atoms with van der Waals surface area (Å²) in [5, 5.41) is 1.70. The summed E-state index contributed by atoms with van der Waals surface area (Å²) in [4.78, 5) is 24.2. The Hall–Kier alpha value is -1.65. The zero-order valence-corrected chi connectivity index (χ0v) is 17.2. The number of Topliss-reactive ketones (excluding diaryl/α,β-unsaturated/α-hetero) is 1. The standard InChI is InChI=1S/C18H21BrF3NO5/c1-9(23-17(25)18(20,21)22)16(24)15-12-6-10(28-8-26-2)4-5-11(12)13(19)7-14(15)27-3/h7,9-10H,4-6,8H2,1-3H3,(H,23,25). The van der Waals surface area contributed by atoms with Gasteiger partial charge in [-0.15, -0.1) is 0 Å². The van der Waals surface area contributed by atoms with E-state index in [9.17, 15) is 22.8 Å². The van der Waals surface area contributed by atoms with E-state index in [1.54, 1.807) is 11.4 Å². The topological polar surface area (TPSA) is 73.9 Å². The van der Waals surface area contributed by atoms with Crippen molar-refractivity contribution >= 4 is 27.6 Å². The van der Waals surface area contributed by atoms with Gasteiger partial charge in [0.2, 0.25) is 0 Å². The van der Waals surface area contributed by atoms with Gasteiger partial charge in [0.05, 0.1) is 24.8 Å². The number of fused-ring (bicyclic) bond motifs is 1. The van der Waals surface area contributed by atoms with Crippen LogP contribution in [0.15, 0.2) is 10.5 Å². The summed E-state index contributed by atoms with van der Waals surface area (Å²) >= 11 is 3.46. The van der Waals surface area contributed by atoms with E-state index in [1.165, 1.54) is 21.1 Å². The first-order valence-corrected chi connectivity index (χ1v) is 9.30. The number of amides is 1. The molecule has 0 saturated carbocycles. The van der Waals surface area contributed by atoms with Crippen LogP contribution in [-0.4, -0.2) is 51.0 Å². The van der Waals surface area contributed by atoms with Crippen molar-refractivity contribution in [1.29, 1.82) is 0 Å². The molecule has 6 nitrogen and oxygen atoms in total. The number of rotatable bonds is 7. The van der Waals surface area contributed by atoms with Crippen LogP contribution in [0.5, 0.6) is 5.75 Å². The lowest BCUT2D eigenvalue weighted by atomic mass is 9.84. The number of methoxy groups -OCH3 is 2. The van der Waals surface area contributed by atoms with Crippen molar-refractivity contribution in [2.45, 2.75) is 44.5 Å². The molecule has 0 bridgehead atoms. The largest absolute Gasteiger partial charge is 0.496 e. The van der Waals surface area contributed by atoms with E-state index in [0.29, 0.717) is 24.8 Å². The highest BCUT2D eigenvalue weighted by Crippen LogP contribution is 2.38. The normalized spacial score (nSPS) is 17.6. The summed E-state index contributed by atoms with van der Waals surface area (Å²) in [6.45, 7) is 1.30. The number of alkyl halides is 3. The molecule has 0 spiro atoms. The smallest absolute Gasteiger partial charge is 0.471 e. The van der Waals surface area contributed by atoms with Crippen molar-refractivity contribution in [3.8, 4) is 5.75 Å². The molecule has 1 amide bonds. The number of carbonyl (C=O) groups is 2. The molecule has 0 aliphatic heterocycles. The molecular weight excluding hydrogens is 447 g/mol. The van der Waals surface area contributed by atoms with Crippen LogP contribution in [0.1, 0.15) is 34.8 Å². The molecule has 2 atom stereocenters. The lowest BCUT2D eigenvalue weighted by Gasteiger charge is -2.29. The number of hydrogen-bond donors (Lipinski definition) is 1. The van der Waals surface area contributed by atoms with Gasteiger partial charge in [-0.1, -0.05) is 15.9 Å². The molecule has 156 valence electrons. The van der Waals surface area contributed by atoms with Crippen molar-refractivity contribution in [2.75, 3.05) is 21.0 Å². The molecule has 28 heavy (non-hydrogen) atoms. The third-order valence-corrected chi connectivity index (χ3v) is 5.20. The Labute approximate surface area is 168 Å². The second kappa shape index (κ2) is 9.23. The van der Waals surface area contributed by atoms with E-state index >= 15 is 0 Å². The Bertz CT molecular complexity index is 754. The predicted octanol–water partition coefficient (Wildman–Crippen LogP) is 3.19. The van der Waals surface area contributed by atoms with Crippen molar-refractivity contribution in [1.82, 2.24) is 5.32 Å². The van der Waals surface area contributed by atoms with Gasteiger partial charge < -0.3 is 19.5 Å². The first-order valence-electron chi connectivity index (χ1n) is 8.50. The van der Waals surface area contributed by atoms with Gasteiger partial charge >= 0.3 is 12.1 Å². The lowest BCUT2D eigenvalue weighted by molar-refractivity contribution is -0.173. The molecule has 1 aliphatic carbocycles. The molecule has 1 aliphatic rings. The predicted molar refractivity (Wildman–Crippen MR) is 97.5 cm³/mol. The summed E-state index contributed by atoms with van der Waals surface area (Å²) in [7, 11) is 2.86. The van der Waals surface area contributed by atoms with Gasteiger partial charge in [-0.05, 0) is 43.4 Å². The van der Waals surface area contributed by atoms with E-state index in [2.05, 4.69) is 15.9 Å². The fourth-order valence-corrected chi connectivity index (χ4v) is 3.79. The molecule has 2 rings (SSSR count). The first-order chi connectivity index (χ1) is 13.1. The highest BCUT2D eigenvalue weighted by Gasteiger charge is 2.40. The second-order valence-corrected chi connectivity index (χ2v) is 7.24. The van der Waals surface area contributed by atoms with Gasteiger partial charge in [-0.25, -0.2) is 0 Å². The van der Waals surface area contributed by atoms with Crippen LogP contribution in [-0.2, 0) is 27.1 Å². The highest BCUT2D eigenvalue weighted by atomic mass is 79.9. The van der Waals surface area contributed by atoms with Crippen LogP contribution in [0.2, 0.25) is 0 Å². The van der Waals surface area contributed by atoms with E-state index in [-0.39, 0.29) is 24.2 Å². The van der Waals surface area contributed by atoms with E-state index in [0.717, 1.165) is 10.0 Å². The highest BCUT2D eigenvalue weighted by molar-refractivity contribution is 9.10. The van der Waals surface area contributed by atoms with Gasteiger partial charge in [-0.3, -0.25) is 9.59 Å². The molecule has 0 fully saturated rings. The number of hydrogen-bond acceptors (Lipinski definition) is 5. The van der Waals surface area contributed by atoms with Crippen molar-refractivity contribution in [3.05, 3.63) is 27.2 Å². The summed E-state index contributed by atoms with van der Waals surface area (Å²) in [6, 6.07) is 0.231. The Morgan fingerprint density at radius 1 is 1.32 bits per heavy atom. The summed E-state index contributed by atoms with van der Waals surface area (Å²) in [5.74, 6) is -2.61. The van der Waals surface area contributed by atoms with Crippen LogP contribution >= 0.6 is 15.9 Å². The Morgan fingerprint density at radius 2 is 2.00 bits per heavy atom. The van der Waals surface area contributed by atoms with Gasteiger partial charge in [-0.2, -0.15) is 13.2 Å². The number of nitrogens with one attached hydrogen (secondary N) is 1. The number of ketones is 1. The van der Waals surface area contributed by atoms with Gasteiger partial charge in [0.25, 0.3) is 0 Å². The maximum Gasteiger partial charge on any atom is 0.471 e. The summed E-state index contributed by atoms with van der Waals surface area (Å²) < 4.78 is 54.2. The fourth-order valence-electron chi connectivity index (χ4n) is 3.15. The third-order valence-electron chi connectivity index (χ3n) is 4.49. The van der Waals surface area contributed by atoms with Gasteiger partial charge in [0.15, 0.2) is 5.78 Å². The average Bonchev–Trinajstić information content (AvgIpc) is 2.64. The minimum atomic E-state index is -5.07. The van der Waals surface area contributed by atoms with E-state index in [1.807, 2.05) is 0 Å². The number of halogens is 4. The molecule has 0 heterocycles.